The highest BCUT2D eigenvalue weighted by atomic mass is 19.3. The molecule has 1 aromatic carbocycles. The van der Waals surface area contributed by atoms with Crippen LogP contribution in [-0.2, 0) is 0 Å². The van der Waals surface area contributed by atoms with Crippen LogP contribution in [0.15, 0.2) is 18.2 Å². The van der Waals surface area contributed by atoms with Gasteiger partial charge in [-0.25, -0.2) is 13.2 Å². The number of amides is 1. The molecule has 0 radical (unpaired) electrons. The van der Waals surface area contributed by atoms with Gasteiger partial charge in [-0.05, 0) is 12.1 Å². The maximum Gasteiger partial charge on any atom is 0.324 e. The van der Waals surface area contributed by atoms with Gasteiger partial charge in [0, 0.05) is 6.07 Å². The first-order valence-corrected chi connectivity index (χ1v) is 4.66. The molecule has 2 N–H and O–H groups in total. The van der Waals surface area contributed by atoms with Crippen molar-refractivity contribution in [2.45, 2.75) is 12.3 Å². The molecule has 0 aliphatic carbocycles. The zero-order valence-corrected chi connectivity index (χ0v) is 8.76. The Hall–Kier alpha value is -1.86. The van der Waals surface area contributed by atoms with Crippen LogP contribution in [0.3, 0.4) is 0 Å². The molecule has 0 aromatic heterocycles. The third-order valence-corrected chi connectivity index (χ3v) is 2.01. The molecule has 0 spiro atoms. The highest BCUT2D eigenvalue weighted by Gasteiger charge is 2.40. The first-order chi connectivity index (χ1) is 8.24. The largest absolute Gasteiger partial charge is 0.507 e. The van der Waals surface area contributed by atoms with E-state index < -0.39 is 41.9 Å². The van der Waals surface area contributed by atoms with Crippen molar-refractivity contribution in [1.29, 1.82) is 0 Å². The molecule has 100 valence electrons. The fourth-order valence-corrected chi connectivity index (χ4v) is 1.07. The molecule has 0 fully saturated rings. The zero-order valence-electron chi connectivity index (χ0n) is 8.76. The summed E-state index contributed by atoms with van der Waals surface area (Å²) in [6.07, 6.45) is -3.92. The van der Waals surface area contributed by atoms with Crippen LogP contribution in [0.25, 0.3) is 0 Å². The van der Waals surface area contributed by atoms with Gasteiger partial charge in [0.15, 0.2) is 0 Å². The van der Waals surface area contributed by atoms with Crippen molar-refractivity contribution in [2.24, 2.45) is 0 Å². The molecule has 8 heteroatoms. The average molecular weight is 269 g/mol. The van der Waals surface area contributed by atoms with Crippen molar-refractivity contribution in [3.05, 3.63) is 29.6 Å². The SMILES string of the molecule is O=C(NCC(F)(F)C(F)F)c1ccc(F)cc1O. The van der Waals surface area contributed by atoms with Crippen LogP contribution in [0.2, 0.25) is 0 Å². The number of nitrogens with one attached hydrogen (secondary N) is 1. The lowest BCUT2D eigenvalue weighted by Crippen LogP contribution is -2.41. The second-order valence-electron chi connectivity index (χ2n) is 3.41. The number of alkyl halides is 4. The first-order valence-electron chi connectivity index (χ1n) is 4.66. The number of hydrogen-bond acceptors (Lipinski definition) is 2. The molecule has 0 saturated heterocycles. The summed E-state index contributed by atoms with van der Waals surface area (Å²) < 4.78 is 61.2. The Bertz CT molecular complexity index is 450. The van der Waals surface area contributed by atoms with Gasteiger partial charge in [0.05, 0.1) is 12.1 Å². The monoisotopic (exact) mass is 269 g/mol. The number of hydrogen-bond donors (Lipinski definition) is 2. The molecule has 0 aliphatic heterocycles. The molecule has 1 aromatic rings. The Morgan fingerprint density at radius 2 is 2.00 bits per heavy atom. The number of halogens is 5. The Balaban J connectivity index is 2.72. The van der Waals surface area contributed by atoms with Crippen LogP contribution >= 0.6 is 0 Å². The minimum Gasteiger partial charge on any atom is -0.507 e. The van der Waals surface area contributed by atoms with E-state index in [1.54, 1.807) is 0 Å². The lowest BCUT2D eigenvalue weighted by Gasteiger charge is -2.15. The van der Waals surface area contributed by atoms with E-state index >= 15 is 0 Å². The Morgan fingerprint density at radius 1 is 1.39 bits per heavy atom. The standard InChI is InChI=1S/C10H8F5NO2/c11-5-1-2-6(7(17)3-5)8(18)16-4-10(14,15)9(12)13/h1-3,9,17H,4H2,(H,16,18). The minimum atomic E-state index is -4.37. The fourth-order valence-electron chi connectivity index (χ4n) is 1.07. The van der Waals surface area contributed by atoms with E-state index in [0.29, 0.717) is 6.07 Å². The Kier molecular flexibility index (Phi) is 4.10. The summed E-state index contributed by atoms with van der Waals surface area (Å²) in [6, 6.07) is 2.26. The molecular weight excluding hydrogens is 261 g/mol. The van der Waals surface area contributed by atoms with Gasteiger partial charge in [0.25, 0.3) is 5.91 Å². The van der Waals surface area contributed by atoms with Crippen LogP contribution in [0, 0.1) is 5.82 Å². The van der Waals surface area contributed by atoms with Crippen molar-refractivity contribution in [1.82, 2.24) is 5.32 Å². The van der Waals surface area contributed by atoms with Gasteiger partial charge in [-0.2, -0.15) is 8.78 Å². The van der Waals surface area contributed by atoms with Gasteiger partial charge in [0.1, 0.15) is 11.6 Å². The number of phenolic OH excluding ortho intramolecular Hbond substituents is 1. The van der Waals surface area contributed by atoms with Gasteiger partial charge in [-0.1, -0.05) is 0 Å². The fraction of sp³-hybridized carbons (Fsp3) is 0.300. The molecule has 3 nitrogen and oxygen atoms in total. The van der Waals surface area contributed by atoms with E-state index in [2.05, 4.69) is 0 Å². The predicted octanol–water partition coefficient (Wildman–Crippen LogP) is 2.16. The molecule has 0 unspecified atom stereocenters. The second kappa shape index (κ2) is 5.19. The first kappa shape index (κ1) is 14.2. The van der Waals surface area contributed by atoms with Crippen molar-refractivity contribution in [3.63, 3.8) is 0 Å². The smallest absolute Gasteiger partial charge is 0.324 e. The molecule has 18 heavy (non-hydrogen) atoms. The summed E-state index contributed by atoms with van der Waals surface area (Å²) in [4.78, 5) is 11.3. The van der Waals surface area contributed by atoms with Crippen molar-refractivity contribution >= 4 is 5.91 Å². The van der Waals surface area contributed by atoms with Crippen LogP contribution in [0.1, 0.15) is 10.4 Å². The summed E-state index contributed by atoms with van der Waals surface area (Å²) in [5, 5.41) is 10.7. The van der Waals surface area contributed by atoms with Crippen LogP contribution < -0.4 is 5.32 Å². The molecular formula is C10H8F5NO2. The number of rotatable bonds is 4. The van der Waals surface area contributed by atoms with Crippen molar-refractivity contribution < 1.29 is 31.9 Å². The summed E-state index contributed by atoms with van der Waals surface area (Å²) in [7, 11) is 0. The lowest BCUT2D eigenvalue weighted by atomic mass is 10.2. The molecule has 0 bridgehead atoms. The summed E-state index contributed by atoms with van der Waals surface area (Å²) in [5.74, 6) is -7.17. The molecule has 0 heterocycles. The third-order valence-electron chi connectivity index (χ3n) is 2.01. The van der Waals surface area contributed by atoms with Gasteiger partial charge < -0.3 is 10.4 Å². The molecule has 0 saturated carbocycles. The van der Waals surface area contributed by atoms with E-state index in [1.807, 2.05) is 0 Å². The maximum atomic E-state index is 12.6. The Morgan fingerprint density at radius 3 is 2.50 bits per heavy atom. The van der Waals surface area contributed by atoms with Gasteiger partial charge in [0.2, 0.25) is 0 Å². The molecule has 0 atom stereocenters. The van der Waals surface area contributed by atoms with Gasteiger partial charge in [-0.15, -0.1) is 0 Å². The highest BCUT2D eigenvalue weighted by Crippen LogP contribution is 2.22. The average Bonchev–Trinajstić information content (AvgIpc) is 2.25. The van der Waals surface area contributed by atoms with Crippen molar-refractivity contribution in [3.8, 4) is 5.75 Å². The molecule has 1 amide bonds. The maximum absolute atomic E-state index is 12.6. The van der Waals surface area contributed by atoms with Crippen molar-refractivity contribution in [2.75, 3.05) is 6.54 Å². The number of carbonyl (C=O) groups is 1. The van der Waals surface area contributed by atoms with E-state index in [9.17, 15) is 26.7 Å². The molecule has 0 aliphatic rings. The zero-order chi connectivity index (χ0) is 13.9. The lowest BCUT2D eigenvalue weighted by molar-refractivity contribution is -0.123. The topological polar surface area (TPSA) is 49.3 Å². The van der Waals surface area contributed by atoms with Gasteiger partial charge >= 0.3 is 12.3 Å². The number of benzene rings is 1. The summed E-state index contributed by atoms with van der Waals surface area (Å²) in [6.45, 7) is -1.58. The minimum absolute atomic E-state index is 0.485. The Labute approximate surface area is 98.2 Å². The summed E-state index contributed by atoms with van der Waals surface area (Å²) in [5.41, 5.74) is -0.485. The van der Waals surface area contributed by atoms with Crippen LogP contribution in [0.4, 0.5) is 22.0 Å². The number of carbonyl (C=O) groups excluding carboxylic acids is 1. The second-order valence-corrected chi connectivity index (χ2v) is 3.41. The number of phenols is 1. The normalized spacial score (nSPS) is 11.7. The molecule has 1 rings (SSSR count). The van der Waals surface area contributed by atoms with Crippen LogP contribution in [0.5, 0.6) is 5.75 Å². The van der Waals surface area contributed by atoms with Crippen LogP contribution in [-0.4, -0.2) is 29.9 Å². The predicted molar refractivity (Wildman–Crippen MR) is 51.3 cm³/mol. The third kappa shape index (κ3) is 3.31. The highest BCUT2D eigenvalue weighted by molar-refractivity contribution is 5.96. The van der Waals surface area contributed by atoms with E-state index in [-0.39, 0.29) is 0 Å². The van der Waals surface area contributed by atoms with Gasteiger partial charge in [-0.3, -0.25) is 4.79 Å². The van der Waals surface area contributed by atoms with E-state index in [1.165, 1.54) is 5.32 Å². The quantitative estimate of drug-likeness (QED) is 0.823. The summed E-state index contributed by atoms with van der Waals surface area (Å²) >= 11 is 0. The van der Waals surface area contributed by atoms with E-state index in [0.717, 1.165) is 12.1 Å². The van der Waals surface area contributed by atoms with E-state index in [4.69, 9.17) is 5.11 Å². The number of aromatic hydroxyl groups is 1.